The first-order valence-electron chi connectivity index (χ1n) is 8.66. The highest BCUT2D eigenvalue weighted by Gasteiger charge is 2.22. The van der Waals surface area contributed by atoms with Crippen molar-refractivity contribution in [2.24, 2.45) is 0 Å². The van der Waals surface area contributed by atoms with E-state index < -0.39 is 31.8 Å². The monoisotopic (exact) mass is 486 g/mol. The van der Waals surface area contributed by atoms with Gasteiger partial charge < -0.3 is 20.2 Å². The fraction of sp³-hybridized carbons (Fsp3) is 0.263. The van der Waals surface area contributed by atoms with Gasteiger partial charge in [-0.15, -0.1) is 17.0 Å². The second kappa shape index (κ2) is 11.8. The molecule has 0 radical (unpaired) electrons. The number of carboxylic acids is 1. The third kappa shape index (κ3) is 9.34. The third-order valence-corrected chi connectivity index (χ3v) is 4.59. The van der Waals surface area contributed by atoms with E-state index in [9.17, 15) is 14.2 Å². The highest BCUT2D eigenvalue weighted by molar-refractivity contribution is 8.93. The lowest BCUT2D eigenvalue weighted by molar-refractivity contribution is -0.137. The average Bonchev–Trinajstić information content (AvgIpc) is 2.65. The lowest BCUT2D eigenvalue weighted by atomic mass is 10.0. The molecule has 2 aromatic rings. The van der Waals surface area contributed by atoms with Crippen LogP contribution in [-0.2, 0) is 20.6 Å². The highest BCUT2D eigenvalue weighted by atomic mass is 79.9. The molecule has 10 heteroatoms. The predicted octanol–water partition coefficient (Wildman–Crippen LogP) is 2.16. The largest absolute Gasteiger partial charge is 0.481 e. The molecule has 158 valence electrons. The van der Waals surface area contributed by atoms with Crippen molar-refractivity contribution < 1.29 is 29.0 Å². The van der Waals surface area contributed by atoms with Crippen LogP contribution in [0, 0.1) is 0 Å². The quantitative estimate of drug-likeness (QED) is 0.324. The van der Waals surface area contributed by atoms with Crippen LogP contribution >= 0.6 is 24.6 Å². The van der Waals surface area contributed by atoms with E-state index >= 15 is 0 Å². The van der Waals surface area contributed by atoms with Crippen LogP contribution in [0.5, 0.6) is 0 Å². The van der Waals surface area contributed by atoms with Gasteiger partial charge in [0, 0.05) is 6.54 Å². The molecule has 0 aliphatic heterocycles. The van der Waals surface area contributed by atoms with Crippen LogP contribution in [-0.4, -0.2) is 45.6 Å². The summed E-state index contributed by atoms with van der Waals surface area (Å²) in [6.45, 7) is -0.0603. The number of hydrogen-bond acceptors (Lipinski definition) is 4. The Bertz CT molecular complexity index is 842. The second-order valence-corrected chi connectivity index (χ2v) is 7.93. The normalized spacial score (nSPS) is 11.9. The number of benzene rings is 2. The molecule has 0 bridgehead atoms. The summed E-state index contributed by atoms with van der Waals surface area (Å²) >= 11 is 0. The molecule has 2 rings (SSSR count). The zero-order valence-corrected chi connectivity index (χ0v) is 18.1. The van der Waals surface area contributed by atoms with Crippen LogP contribution < -0.4 is 10.6 Å². The van der Waals surface area contributed by atoms with Crippen LogP contribution in [0.2, 0.25) is 0 Å². The van der Waals surface area contributed by atoms with Crippen molar-refractivity contribution in [2.45, 2.75) is 18.9 Å². The number of amides is 1. The first-order valence-corrected chi connectivity index (χ1v) is 10.5. The molecular formula is C19H24BrN2O6P. The van der Waals surface area contributed by atoms with Crippen molar-refractivity contribution in [1.82, 2.24) is 10.6 Å². The second-order valence-electron chi connectivity index (χ2n) is 6.28. The maximum Gasteiger partial charge on any atom is 0.339 e. The Balaban J connectivity index is 0.00000420. The SMILES string of the molecule is Br.O=C(O)CCNC(=O)C(Cc1ccc(-c2ccccc2)cc1)NCP(=O)(O)O. The van der Waals surface area contributed by atoms with Crippen LogP contribution in [0.15, 0.2) is 54.6 Å². The zero-order valence-electron chi connectivity index (χ0n) is 15.5. The Hall–Kier alpha value is -2.03. The van der Waals surface area contributed by atoms with Gasteiger partial charge in [-0.3, -0.25) is 19.5 Å². The van der Waals surface area contributed by atoms with Gasteiger partial charge in [-0.25, -0.2) is 0 Å². The minimum atomic E-state index is -4.34. The lowest BCUT2D eigenvalue weighted by Crippen LogP contribution is -2.46. The summed E-state index contributed by atoms with van der Waals surface area (Å²) in [5, 5.41) is 13.7. The number of aliphatic carboxylic acids is 1. The van der Waals surface area contributed by atoms with Crippen LogP contribution in [0.1, 0.15) is 12.0 Å². The Labute approximate surface area is 179 Å². The van der Waals surface area contributed by atoms with Crippen LogP contribution in [0.3, 0.4) is 0 Å². The summed E-state index contributed by atoms with van der Waals surface area (Å²) in [4.78, 5) is 41.0. The Morgan fingerprint density at radius 2 is 1.55 bits per heavy atom. The van der Waals surface area contributed by atoms with Gasteiger partial charge in [0.1, 0.15) is 0 Å². The third-order valence-electron chi connectivity index (χ3n) is 4.00. The Morgan fingerprint density at radius 3 is 2.10 bits per heavy atom. The molecule has 0 fully saturated rings. The van der Waals surface area contributed by atoms with E-state index in [4.69, 9.17) is 14.9 Å². The molecule has 1 unspecified atom stereocenters. The summed E-state index contributed by atoms with van der Waals surface area (Å²) in [7, 11) is -4.34. The van der Waals surface area contributed by atoms with Crippen molar-refractivity contribution in [3.8, 4) is 11.1 Å². The fourth-order valence-electron chi connectivity index (χ4n) is 2.60. The number of hydrogen-bond donors (Lipinski definition) is 5. The van der Waals surface area contributed by atoms with E-state index in [0.717, 1.165) is 16.7 Å². The topological polar surface area (TPSA) is 136 Å². The maximum atomic E-state index is 12.3. The first-order chi connectivity index (χ1) is 13.2. The van der Waals surface area contributed by atoms with E-state index in [1.165, 1.54) is 0 Å². The maximum absolute atomic E-state index is 12.3. The molecule has 0 aromatic heterocycles. The van der Waals surface area contributed by atoms with Gasteiger partial charge in [-0.05, 0) is 23.1 Å². The Kier molecular flexibility index (Phi) is 10.2. The van der Waals surface area contributed by atoms with Gasteiger partial charge in [-0.2, -0.15) is 0 Å². The molecule has 8 nitrogen and oxygen atoms in total. The number of carboxylic acid groups (broad SMARTS) is 1. The van der Waals surface area contributed by atoms with Crippen molar-refractivity contribution in [3.63, 3.8) is 0 Å². The summed E-state index contributed by atoms with van der Waals surface area (Å²) in [6.07, 6.45) is -0.678. The number of carbonyl (C=O) groups excluding carboxylic acids is 1. The molecule has 0 aliphatic carbocycles. The zero-order chi connectivity index (χ0) is 20.6. The van der Waals surface area contributed by atoms with Crippen molar-refractivity contribution >= 4 is 36.5 Å². The van der Waals surface area contributed by atoms with E-state index in [2.05, 4.69) is 10.6 Å². The minimum Gasteiger partial charge on any atom is -0.481 e. The van der Waals surface area contributed by atoms with E-state index in [-0.39, 0.29) is 36.4 Å². The van der Waals surface area contributed by atoms with Crippen molar-refractivity contribution in [1.29, 1.82) is 0 Å². The molecule has 1 amide bonds. The molecule has 0 saturated heterocycles. The number of carbonyl (C=O) groups is 2. The van der Waals surface area contributed by atoms with Gasteiger partial charge in [-0.1, -0.05) is 54.6 Å². The highest BCUT2D eigenvalue weighted by Crippen LogP contribution is 2.32. The first kappa shape index (κ1) is 25.0. The molecule has 1 atom stereocenters. The summed E-state index contributed by atoms with van der Waals surface area (Å²) in [6, 6.07) is 16.4. The fourth-order valence-corrected chi connectivity index (χ4v) is 3.06. The smallest absolute Gasteiger partial charge is 0.339 e. The molecule has 29 heavy (non-hydrogen) atoms. The van der Waals surface area contributed by atoms with Crippen molar-refractivity contribution in [2.75, 3.05) is 12.8 Å². The summed E-state index contributed by atoms with van der Waals surface area (Å²) in [5.41, 5.74) is 2.86. The molecule has 0 heterocycles. The van der Waals surface area contributed by atoms with E-state index in [0.29, 0.717) is 0 Å². The molecular weight excluding hydrogens is 463 g/mol. The van der Waals surface area contributed by atoms with E-state index in [1.807, 2.05) is 54.6 Å². The minimum absolute atomic E-state index is 0. The van der Waals surface area contributed by atoms with Crippen LogP contribution in [0.25, 0.3) is 11.1 Å². The number of halogens is 1. The summed E-state index contributed by atoms with van der Waals surface area (Å²) in [5.74, 6) is -1.56. The van der Waals surface area contributed by atoms with Gasteiger partial charge in [0.25, 0.3) is 0 Å². The number of nitrogens with one attached hydrogen (secondary N) is 2. The van der Waals surface area contributed by atoms with Gasteiger partial charge in [0.2, 0.25) is 5.91 Å². The molecule has 0 saturated carbocycles. The predicted molar refractivity (Wildman–Crippen MR) is 115 cm³/mol. The van der Waals surface area contributed by atoms with Crippen LogP contribution in [0.4, 0.5) is 0 Å². The number of rotatable bonds is 10. The molecule has 0 spiro atoms. The van der Waals surface area contributed by atoms with Gasteiger partial charge in [0.05, 0.1) is 18.7 Å². The van der Waals surface area contributed by atoms with Gasteiger partial charge >= 0.3 is 13.6 Å². The average molecular weight is 487 g/mol. The lowest BCUT2D eigenvalue weighted by Gasteiger charge is -2.19. The standard InChI is InChI=1S/C19H23N2O6P.BrH/c22-18(23)10-11-20-19(24)17(21-13-28(25,26)27)12-14-6-8-16(9-7-14)15-4-2-1-3-5-15;/h1-9,17,21H,10-13H2,(H,20,24)(H,22,23)(H2,25,26,27);1H. The molecule has 0 aliphatic rings. The van der Waals surface area contributed by atoms with Gasteiger partial charge in [0.15, 0.2) is 0 Å². The molecule has 5 N–H and O–H groups in total. The molecule has 2 aromatic carbocycles. The summed E-state index contributed by atoms with van der Waals surface area (Å²) < 4.78 is 11.1. The Morgan fingerprint density at radius 1 is 0.966 bits per heavy atom. The van der Waals surface area contributed by atoms with Crippen molar-refractivity contribution in [3.05, 3.63) is 60.2 Å². The van der Waals surface area contributed by atoms with E-state index in [1.54, 1.807) is 0 Å².